The molecule has 2 aliphatic rings. The number of aryl methyl sites for hydroxylation is 1. The molecule has 0 unspecified atom stereocenters. The monoisotopic (exact) mass is 625 g/mol. The Morgan fingerprint density at radius 2 is 1.30 bits per heavy atom. The van der Waals surface area contributed by atoms with Crippen LogP contribution in [0.5, 0.6) is 0 Å². The Morgan fingerprint density at radius 3 is 2.20 bits per heavy atom. The van der Waals surface area contributed by atoms with Crippen LogP contribution in [0.25, 0.3) is 57.5 Å². The molecule has 0 spiro atoms. The lowest BCUT2D eigenvalue weighted by Crippen LogP contribution is -2.20. The minimum absolute atomic E-state index is 0.0534. The van der Waals surface area contributed by atoms with Crippen molar-refractivity contribution in [3.05, 3.63) is 149 Å². The Morgan fingerprint density at radius 1 is 0.587 bits per heavy atom. The van der Waals surface area contributed by atoms with Crippen molar-refractivity contribution in [2.75, 3.05) is 4.90 Å². The van der Waals surface area contributed by atoms with E-state index in [4.69, 9.17) is 0 Å². The molecule has 0 N–H and O–H groups in total. The predicted octanol–water partition coefficient (Wildman–Crippen LogP) is 12.9. The van der Waals surface area contributed by atoms with Crippen LogP contribution in [0.1, 0.15) is 42.5 Å². The van der Waals surface area contributed by atoms with E-state index in [1.54, 1.807) is 0 Å². The van der Waals surface area contributed by atoms with Gasteiger partial charge in [-0.05, 0) is 83.1 Å². The van der Waals surface area contributed by atoms with Crippen molar-refractivity contribution in [2.45, 2.75) is 32.1 Å². The maximum Gasteiger partial charge on any atom is 0.0540 e. The van der Waals surface area contributed by atoms with Crippen molar-refractivity contribution in [3.8, 4) is 11.1 Å². The molecule has 0 saturated carbocycles. The van der Waals surface area contributed by atoms with Gasteiger partial charge in [-0.3, -0.25) is 0 Å². The van der Waals surface area contributed by atoms with E-state index in [0.717, 1.165) is 12.8 Å². The molecule has 0 saturated heterocycles. The first-order chi connectivity index (χ1) is 22.6. The maximum atomic E-state index is 2.58. The number of rotatable bonds is 3. The van der Waals surface area contributed by atoms with Crippen LogP contribution in [0.3, 0.4) is 0 Å². The maximum absolute atomic E-state index is 2.58. The molecule has 0 bridgehead atoms. The average molecular weight is 626 g/mol. The molecule has 0 aliphatic heterocycles. The largest absolute Gasteiger partial charge is 0.314 e. The molecule has 0 radical (unpaired) electrons. The minimum atomic E-state index is -0.0534. The van der Waals surface area contributed by atoms with Crippen molar-refractivity contribution in [3.63, 3.8) is 0 Å². The number of nitrogens with zero attached hydrogens (tertiary/aromatic N) is 1. The van der Waals surface area contributed by atoms with Crippen LogP contribution in [-0.2, 0) is 11.8 Å². The molecule has 6 aromatic carbocycles. The normalized spacial score (nSPS) is 14.9. The molecular formula is C43H31NS2. The molecule has 2 heterocycles. The van der Waals surface area contributed by atoms with Crippen LogP contribution in [0.15, 0.2) is 127 Å². The zero-order valence-corrected chi connectivity index (χ0v) is 27.4. The summed E-state index contributed by atoms with van der Waals surface area (Å²) in [6.45, 7) is 4.75. The summed E-state index contributed by atoms with van der Waals surface area (Å²) in [4.78, 5) is 2.58. The van der Waals surface area contributed by atoms with Crippen LogP contribution >= 0.6 is 22.7 Å². The smallest absolute Gasteiger partial charge is 0.0540 e. The fourth-order valence-corrected chi connectivity index (χ4v) is 10.5. The summed E-state index contributed by atoms with van der Waals surface area (Å²) in [6, 6.07) is 45.5. The third-order valence-corrected chi connectivity index (χ3v) is 12.6. The molecule has 2 aliphatic carbocycles. The highest BCUT2D eigenvalue weighted by Crippen LogP contribution is 2.54. The van der Waals surface area contributed by atoms with E-state index in [0.29, 0.717) is 0 Å². The first-order valence-electron chi connectivity index (χ1n) is 16.1. The molecule has 0 fully saturated rings. The van der Waals surface area contributed by atoms with Crippen molar-refractivity contribution in [1.82, 2.24) is 0 Å². The molecule has 0 amide bonds. The lowest BCUT2D eigenvalue weighted by molar-refractivity contribution is 0.660. The van der Waals surface area contributed by atoms with Gasteiger partial charge in [-0.1, -0.05) is 98.8 Å². The van der Waals surface area contributed by atoms with Crippen LogP contribution in [0, 0.1) is 0 Å². The highest BCUT2D eigenvalue weighted by molar-refractivity contribution is 7.26. The molecule has 3 heteroatoms. The second kappa shape index (κ2) is 9.65. The first kappa shape index (κ1) is 26.5. The summed E-state index contributed by atoms with van der Waals surface area (Å²) >= 11 is 3.81. The second-order valence-electron chi connectivity index (χ2n) is 13.2. The zero-order chi connectivity index (χ0) is 30.6. The SMILES string of the molecule is CC1(C)c2ccccc2-c2c(N(C3=Cc4ccc5sc6ccccc6c5c4CC3)c3ccc4c(c3)sc3ccccc34)cccc21. The van der Waals surface area contributed by atoms with Gasteiger partial charge in [0.15, 0.2) is 0 Å². The topological polar surface area (TPSA) is 3.24 Å². The van der Waals surface area contributed by atoms with Gasteiger partial charge in [-0.15, -0.1) is 22.7 Å². The predicted molar refractivity (Wildman–Crippen MR) is 201 cm³/mol. The van der Waals surface area contributed by atoms with Gasteiger partial charge in [0.25, 0.3) is 0 Å². The molecule has 2 aromatic heterocycles. The van der Waals surface area contributed by atoms with Crippen LogP contribution < -0.4 is 4.90 Å². The number of hydrogen-bond acceptors (Lipinski definition) is 3. The molecule has 220 valence electrons. The van der Waals surface area contributed by atoms with Gasteiger partial charge in [0.1, 0.15) is 0 Å². The Labute approximate surface area is 276 Å². The van der Waals surface area contributed by atoms with Gasteiger partial charge in [-0.2, -0.15) is 0 Å². The minimum Gasteiger partial charge on any atom is -0.314 e. The number of benzene rings is 6. The van der Waals surface area contributed by atoms with Gasteiger partial charge < -0.3 is 4.90 Å². The number of thiophene rings is 2. The number of anilines is 2. The standard InChI is InChI=1S/C43H31NS2/c1-43(2)34-13-6-3-11-32(34)42-35(43)14-9-15-36(42)44(28-20-22-31-30-10-4-7-16-37(30)46-40(31)25-28)27-19-21-29-26(24-27)18-23-39-41(29)33-12-5-8-17-38(33)45-39/h3-18,20,22-25H,19,21H2,1-2H3. The van der Waals surface area contributed by atoms with Crippen LogP contribution in [0.4, 0.5) is 11.4 Å². The van der Waals surface area contributed by atoms with E-state index in [2.05, 4.69) is 146 Å². The lowest BCUT2D eigenvalue weighted by atomic mass is 9.82. The van der Waals surface area contributed by atoms with E-state index in [-0.39, 0.29) is 5.41 Å². The number of allylic oxidation sites excluding steroid dienone is 1. The zero-order valence-electron chi connectivity index (χ0n) is 25.8. The Bertz CT molecular complexity index is 2580. The summed E-state index contributed by atoms with van der Waals surface area (Å²) in [7, 11) is 0. The van der Waals surface area contributed by atoms with E-state index in [9.17, 15) is 0 Å². The third kappa shape index (κ3) is 3.67. The van der Waals surface area contributed by atoms with Crippen molar-refractivity contribution < 1.29 is 0 Å². The van der Waals surface area contributed by atoms with Crippen LogP contribution in [0.2, 0.25) is 0 Å². The van der Waals surface area contributed by atoms with Gasteiger partial charge in [-0.25, -0.2) is 0 Å². The highest BCUT2D eigenvalue weighted by atomic mass is 32.1. The van der Waals surface area contributed by atoms with Crippen molar-refractivity contribution in [2.24, 2.45) is 0 Å². The quantitative estimate of drug-likeness (QED) is 0.189. The fraction of sp³-hybridized carbons (Fsp3) is 0.116. The summed E-state index contributed by atoms with van der Waals surface area (Å²) in [6.07, 6.45) is 4.48. The Kier molecular flexibility index (Phi) is 5.56. The molecule has 0 atom stereocenters. The summed E-state index contributed by atoms with van der Waals surface area (Å²) < 4.78 is 5.44. The van der Waals surface area contributed by atoms with Gasteiger partial charge in [0.2, 0.25) is 0 Å². The molecule has 1 nitrogen and oxygen atoms in total. The summed E-state index contributed by atoms with van der Waals surface area (Å²) in [5.74, 6) is 0. The lowest BCUT2D eigenvalue weighted by Gasteiger charge is -2.33. The van der Waals surface area contributed by atoms with Gasteiger partial charge >= 0.3 is 0 Å². The van der Waals surface area contributed by atoms with Gasteiger partial charge in [0.05, 0.1) is 5.69 Å². The molecular weight excluding hydrogens is 595 g/mol. The summed E-state index contributed by atoms with van der Waals surface area (Å²) in [5, 5.41) is 5.52. The first-order valence-corrected chi connectivity index (χ1v) is 17.8. The Hall–Kier alpha value is -4.70. The van der Waals surface area contributed by atoms with E-state index < -0.39 is 0 Å². The fourth-order valence-electron chi connectivity index (χ4n) is 8.22. The number of fused-ring (bicyclic) bond motifs is 11. The molecule has 10 rings (SSSR count). The third-order valence-electron chi connectivity index (χ3n) is 10.4. The summed E-state index contributed by atoms with van der Waals surface area (Å²) in [5.41, 5.74) is 12.2. The average Bonchev–Trinajstić information content (AvgIpc) is 3.73. The van der Waals surface area contributed by atoms with E-state index in [1.165, 1.54) is 90.8 Å². The Balaban J connectivity index is 1.23. The van der Waals surface area contributed by atoms with Crippen LogP contribution in [-0.4, -0.2) is 0 Å². The van der Waals surface area contributed by atoms with Crippen molar-refractivity contribution in [1.29, 1.82) is 0 Å². The van der Waals surface area contributed by atoms with E-state index >= 15 is 0 Å². The number of hydrogen-bond donors (Lipinski definition) is 0. The highest BCUT2D eigenvalue weighted by Gasteiger charge is 2.38. The molecule has 8 aromatic rings. The molecule has 46 heavy (non-hydrogen) atoms. The van der Waals surface area contributed by atoms with Crippen molar-refractivity contribution >= 4 is 80.5 Å². The van der Waals surface area contributed by atoms with E-state index in [1.807, 2.05) is 22.7 Å². The van der Waals surface area contributed by atoms with Gasteiger partial charge in [0, 0.05) is 62.7 Å². The second-order valence-corrected chi connectivity index (χ2v) is 15.4.